The molecule has 0 spiro atoms. The predicted molar refractivity (Wildman–Crippen MR) is 91.3 cm³/mol. The van der Waals surface area contributed by atoms with Gasteiger partial charge in [-0.3, -0.25) is 0 Å². The zero-order valence-corrected chi connectivity index (χ0v) is 14.3. The number of anilines is 3. The Hall–Kier alpha value is -1.75. The van der Waals surface area contributed by atoms with Crippen LogP contribution in [-0.2, 0) is 0 Å². The highest BCUT2D eigenvalue weighted by Crippen LogP contribution is 2.28. The molecule has 0 saturated heterocycles. The average molecular weight is 350 g/mol. The molecule has 0 bridgehead atoms. The first kappa shape index (κ1) is 15.6. The number of pyridine rings is 1. The summed E-state index contributed by atoms with van der Waals surface area (Å²) in [6, 6.07) is 7.77. The molecule has 0 fully saturated rings. The third kappa shape index (κ3) is 3.88. The highest BCUT2D eigenvalue weighted by Gasteiger charge is 2.08. The molecule has 2 aromatic rings. The zero-order chi connectivity index (χ0) is 15.6. The number of hydrogen-bond donors (Lipinski definition) is 2. The molecule has 0 saturated carbocycles. The standard InChI is InChI=1S/C16H20BrN3O/c1-9(2)21-16-13(18)5-6-14(20-16)19-12-7-10(3)15(17)11(4)8-12/h5-9H,18H2,1-4H3,(H,19,20). The smallest absolute Gasteiger partial charge is 0.239 e. The van der Waals surface area contributed by atoms with Crippen molar-refractivity contribution in [2.75, 3.05) is 11.1 Å². The van der Waals surface area contributed by atoms with Crippen molar-refractivity contribution >= 4 is 33.1 Å². The van der Waals surface area contributed by atoms with E-state index < -0.39 is 0 Å². The summed E-state index contributed by atoms with van der Waals surface area (Å²) >= 11 is 3.57. The summed E-state index contributed by atoms with van der Waals surface area (Å²) in [5, 5.41) is 3.29. The van der Waals surface area contributed by atoms with Crippen molar-refractivity contribution in [1.82, 2.24) is 4.98 Å². The van der Waals surface area contributed by atoms with Gasteiger partial charge in [0.15, 0.2) is 0 Å². The molecular weight excluding hydrogens is 330 g/mol. The summed E-state index contributed by atoms with van der Waals surface area (Å²) in [6.45, 7) is 8.02. The fourth-order valence-corrected chi connectivity index (χ4v) is 2.23. The van der Waals surface area contributed by atoms with Crippen molar-refractivity contribution < 1.29 is 4.74 Å². The van der Waals surface area contributed by atoms with Crippen LogP contribution in [0.25, 0.3) is 0 Å². The molecule has 1 heterocycles. The second-order valence-corrected chi connectivity index (χ2v) is 6.10. The molecule has 3 N–H and O–H groups in total. The topological polar surface area (TPSA) is 60.2 Å². The van der Waals surface area contributed by atoms with Gasteiger partial charge in [0, 0.05) is 10.2 Å². The van der Waals surface area contributed by atoms with Gasteiger partial charge in [0.05, 0.1) is 11.8 Å². The van der Waals surface area contributed by atoms with E-state index in [4.69, 9.17) is 10.5 Å². The van der Waals surface area contributed by atoms with Crippen molar-refractivity contribution in [3.05, 3.63) is 39.9 Å². The maximum atomic E-state index is 5.88. The van der Waals surface area contributed by atoms with E-state index in [0.29, 0.717) is 17.4 Å². The number of halogens is 1. The minimum absolute atomic E-state index is 0.0345. The number of rotatable bonds is 4. The number of nitrogen functional groups attached to an aromatic ring is 1. The number of aromatic nitrogens is 1. The Kier molecular flexibility index (Phi) is 4.73. The van der Waals surface area contributed by atoms with Crippen LogP contribution in [0, 0.1) is 13.8 Å². The van der Waals surface area contributed by atoms with E-state index in [-0.39, 0.29) is 6.10 Å². The molecule has 0 aliphatic heterocycles. The number of hydrogen-bond acceptors (Lipinski definition) is 4. The molecule has 21 heavy (non-hydrogen) atoms. The molecule has 112 valence electrons. The summed E-state index contributed by atoms with van der Waals surface area (Å²) in [6.07, 6.45) is 0.0345. The van der Waals surface area contributed by atoms with Gasteiger partial charge in [-0.25, -0.2) is 0 Å². The van der Waals surface area contributed by atoms with Crippen LogP contribution in [0.4, 0.5) is 17.2 Å². The number of nitrogens with two attached hydrogens (primary N) is 1. The molecule has 1 aromatic heterocycles. The fraction of sp³-hybridized carbons (Fsp3) is 0.312. The Labute approximate surface area is 133 Å². The van der Waals surface area contributed by atoms with Crippen molar-refractivity contribution in [3.8, 4) is 5.88 Å². The second-order valence-electron chi connectivity index (χ2n) is 5.31. The average Bonchev–Trinajstić information content (AvgIpc) is 2.39. The Morgan fingerprint density at radius 3 is 2.38 bits per heavy atom. The van der Waals surface area contributed by atoms with Gasteiger partial charge in [-0.2, -0.15) is 4.98 Å². The molecule has 5 heteroatoms. The molecule has 0 atom stereocenters. The lowest BCUT2D eigenvalue weighted by Crippen LogP contribution is -2.09. The van der Waals surface area contributed by atoms with E-state index in [2.05, 4.69) is 52.2 Å². The van der Waals surface area contributed by atoms with Crippen LogP contribution in [-0.4, -0.2) is 11.1 Å². The lowest BCUT2D eigenvalue weighted by molar-refractivity contribution is 0.234. The Balaban J connectivity index is 2.27. The van der Waals surface area contributed by atoms with Gasteiger partial charge in [0.25, 0.3) is 0 Å². The number of nitrogens with one attached hydrogen (secondary N) is 1. The monoisotopic (exact) mass is 349 g/mol. The Morgan fingerprint density at radius 2 is 1.81 bits per heavy atom. The number of aryl methyl sites for hydroxylation is 2. The van der Waals surface area contributed by atoms with Gasteiger partial charge < -0.3 is 15.8 Å². The normalized spacial score (nSPS) is 10.8. The van der Waals surface area contributed by atoms with Crippen LogP contribution in [0.5, 0.6) is 5.88 Å². The van der Waals surface area contributed by atoms with Crippen molar-refractivity contribution in [3.63, 3.8) is 0 Å². The molecule has 4 nitrogen and oxygen atoms in total. The predicted octanol–water partition coefficient (Wildman–Crippen LogP) is 4.57. The van der Waals surface area contributed by atoms with Gasteiger partial charge in [0.2, 0.25) is 5.88 Å². The Morgan fingerprint density at radius 1 is 1.19 bits per heavy atom. The molecular formula is C16H20BrN3O. The summed E-state index contributed by atoms with van der Waals surface area (Å²) in [7, 11) is 0. The van der Waals surface area contributed by atoms with Gasteiger partial charge in [-0.15, -0.1) is 0 Å². The third-order valence-corrected chi connectivity index (χ3v) is 4.20. The fourth-order valence-electron chi connectivity index (χ4n) is 2.00. The number of nitrogens with zero attached hydrogens (tertiary/aromatic N) is 1. The van der Waals surface area contributed by atoms with E-state index in [1.54, 1.807) is 6.07 Å². The molecule has 0 amide bonds. The number of ether oxygens (including phenoxy) is 1. The van der Waals surface area contributed by atoms with E-state index >= 15 is 0 Å². The van der Waals surface area contributed by atoms with Crippen LogP contribution >= 0.6 is 15.9 Å². The molecule has 0 unspecified atom stereocenters. The first-order valence-corrected chi connectivity index (χ1v) is 7.63. The Bertz CT molecular complexity index is 633. The van der Waals surface area contributed by atoms with Crippen LogP contribution in [0.2, 0.25) is 0 Å². The molecule has 2 rings (SSSR count). The lowest BCUT2D eigenvalue weighted by Gasteiger charge is -2.14. The van der Waals surface area contributed by atoms with E-state index in [0.717, 1.165) is 10.2 Å². The van der Waals surface area contributed by atoms with Gasteiger partial charge >= 0.3 is 0 Å². The zero-order valence-electron chi connectivity index (χ0n) is 12.7. The van der Waals surface area contributed by atoms with Gasteiger partial charge in [-0.05, 0) is 63.1 Å². The molecule has 0 radical (unpaired) electrons. The summed E-state index contributed by atoms with van der Waals surface area (Å²) in [5.74, 6) is 1.17. The van der Waals surface area contributed by atoms with Crippen molar-refractivity contribution in [2.45, 2.75) is 33.8 Å². The van der Waals surface area contributed by atoms with Gasteiger partial charge in [-0.1, -0.05) is 15.9 Å². The van der Waals surface area contributed by atoms with Crippen LogP contribution in [0.1, 0.15) is 25.0 Å². The summed E-state index contributed by atoms with van der Waals surface area (Å²) < 4.78 is 6.73. The minimum Gasteiger partial charge on any atom is -0.473 e. The molecule has 0 aliphatic rings. The number of benzene rings is 1. The van der Waals surface area contributed by atoms with Gasteiger partial charge in [0.1, 0.15) is 5.82 Å². The first-order chi connectivity index (χ1) is 9.86. The van der Waals surface area contributed by atoms with Crippen LogP contribution in [0.3, 0.4) is 0 Å². The second kappa shape index (κ2) is 6.35. The maximum absolute atomic E-state index is 5.88. The van der Waals surface area contributed by atoms with Crippen molar-refractivity contribution in [1.29, 1.82) is 0 Å². The first-order valence-electron chi connectivity index (χ1n) is 6.83. The molecule has 1 aromatic carbocycles. The maximum Gasteiger partial charge on any atom is 0.239 e. The minimum atomic E-state index is 0.0345. The van der Waals surface area contributed by atoms with Crippen LogP contribution in [0.15, 0.2) is 28.7 Å². The van der Waals surface area contributed by atoms with Crippen LogP contribution < -0.4 is 15.8 Å². The lowest BCUT2D eigenvalue weighted by atomic mass is 10.1. The largest absolute Gasteiger partial charge is 0.473 e. The van der Waals surface area contributed by atoms with E-state index in [1.807, 2.05) is 19.9 Å². The molecule has 0 aliphatic carbocycles. The SMILES string of the molecule is Cc1cc(Nc2ccc(N)c(OC(C)C)n2)cc(C)c1Br. The highest BCUT2D eigenvalue weighted by molar-refractivity contribution is 9.10. The van der Waals surface area contributed by atoms with E-state index in [9.17, 15) is 0 Å². The summed E-state index contributed by atoms with van der Waals surface area (Å²) in [5.41, 5.74) is 9.75. The third-order valence-electron chi connectivity index (χ3n) is 2.95. The summed E-state index contributed by atoms with van der Waals surface area (Å²) in [4.78, 5) is 4.42. The highest BCUT2D eigenvalue weighted by atomic mass is 79.9. The van der Waals surface area contributed by atoms with E-state index in [1.165, 1.54) is 11.1 Å². The van der Waals surface area contributed by atoms with Crippen molar-refractivity contribution in [2.24, 2.45) is 0 Å². The quantitative estimate of drug-likeness (QED) is 0.848.